The molecule has 4 heteroatoms. The van der Waals surface area contributed by atoms with Gasteiger partial charge in [-0.15, -0.1) is 0 Å². The Hall–Kier alpha value is -0.160. The van der Waals surface area contributed by atoms with E-state index in [0.717, 1.165) is 24.9 Å². The maximum Gasteiger partial charge on any atom is 0.0558 e. The summed E-state index contributed by atoms with van der Waals surface area (Å²) in [4.78, 5) is 2.21. The van der Waals surface area contributed by atoms with E-state index in [-0.39, 0.29) is 13.2 Å². The number of rotatable bonds is 9. The summed E-state index contributed by atoms with van der Waals surface area (Å²) in [5.74, 6) is 2.21. The van der Waals surface area contributed by atoms with E-state index in [1.54, 1.807) is 0 Å². The van der Waals surface area contributed by atoms with Crippen molar-refractivity contribution < 1.29 is 10.2 Å². The van der Waals surface area contributed by atoms with Gasteiger partial charge in [-0.2, -0.15) is 0 Å². The van der Waals surface area contributed by atoms with Crippen LogP contribution in [0.1, 0.15) is 40.0 Å². The zero-order valence-corrected chi connectivity index (χ0v) is 13.5. The molecule has 0 amide bonds. The van der Waals surface area contributed by atoms with Crippen LogP contribution in [0.2, 0.25) is 0 Å². The molecule has 1 aliphatic rings. The summed E-state index contributed by atoms with van der Waals surface area (Å²) >= 11 is 0. The van der Waals surface area contributed by atoms with Gasteiger partial charge in [0.05, 0.1) is 13.2 Å². The standard InChI is InChI=1S/C16H34N2O2/c1-4-17-16-6-5-14(13(2)3)11-15(16)12-18(7-9-19)8-10-20/h13-17,19-20H,4-12H2,1-3H3. The Morgan fingerprint density at radius 2 is 1.80 bits per heavy atom. The highest BCUT2D eigenvalue weighted by Crippen LogP contribution is 2.34. The van der Waals surface area contributed by atoms with E-state index in [1.807, 2.05) is 0 Å². The molecule has 0 spiro atoms. The topological polar surface area (TPSA) is 55.7 Å². The smallest absolute Gasteiger partial charge is 0.0558 e. The lowest BCUT2D eigenvalue weighted by Gasteiger charge is -2.40. The molecule has 3 atom stereocenters. The third-order valence-electron chi connectivity index (χ3n) is 4.76. The lowest BCUT2D eigenvalue weighted by atomic mass is 9.73. The van der Waals surface area contributed by atoms with Gasteiger partial charge >= 0.3 is 0 Å². The SMILES string of the molecule is CCNC1CCC(C(C)C)CC1CN(CCO)CCO. The first-order valence-electron chi connectivity index (χ1n) is 8.29. The fourth-order valence-electron chi connectivity index (χ4n) is 3.55. The fraction of sp³-hybridized carbons (Fsp3) is 1.00. The van der Waals surface area contributed by atoms with Crippen molar-refractivity contribution in [3.63, 3.8) is 0 Å². The van der Waals surface area contributed by atoms with Crippen LogP contribution >= 0.6 is 0 Å². The monoisotopic (exact) mass is 286 g/mol. The first-order chi connectivity index (χ1) is 9.62. The maximum atomic E-state index is 9.16. The molecule has 3 N–H and O–H groups in total. The van der Waals surface area contributed by atoms with Crippen LogP contribution < -0.4 is 5.32 Å². The quantitative estimate of drug-likeness (QED) is 0.598. The van der Waals surface area contributed by atoms with Crippen molar-refractivity contribution in [3.8, 4) is 0 Å². The predicted octanol–water partition coefficient (Wildman–Crippen LogP) is 1.32. The summed E-state index contributed by atoms with van der Waals surface area (Å²) in [6, 6.07) is 0.592. The minimum atomic E-state index is 0.173. The minimum Gasteiger partial charge on any atom is -0.395 e. The summed E-state index contributed by atoms with van der Waals surface area (Å²) in [6.45, 7) is 10.5. The van der Waals surface area contributed by atoms with Crippen LogP contribution in [0.5, 0.6) is 0 Å². The maximum absolute atomic E-state index is 9.16. The molecule has 4 nitrogen and oxygen atoms in total. The highest BCUT2D eigenvalue weighted by atomic mass is 16.3. The van der Waals surface area contributed by atoms with Gasteiger partial charge in [0.15, 0.2) is 0 Å². The summed E-state index contributed by atoms with van der Waals surface area (Å²) in [7, 11) is 0. The summed E-state index contributed by atoms with van der Waals surface area (Å²) < 4.78 is 0. The van der Waals surface area contributed by atoms with Crippen molar-refractivity contribution >= 4 is 0 Å². The fourth-order valence-corrected chi connectivity index (χ4v) is 3.55. The molecule has 0 bridgehead atoms. The van der Waals surface area contributed by atoms with Crippen LogP contribution in [-0.2, 0) is 0 Å². The molecule has 0 aromatic heterocycles. The Bertz CT molecular complexity index is 243. The number of aliphatic hydroxyl groups excluding tert-OH is 2. The number of hydrogen-bond acceptors (Lipinski definition) is 4. The molecule has 0 radical (unpaired) electrons. The van der Waals surface area contributed by atoms with Gasteiger partial charge < -0.3 is 15.5 Å². The van der Waals surface area contributed by atoms with Gasteiger partial charge in [-0.25, -0.2) is 0 Å². The second-order valence-corrected chi connectivity index (χ2v) is 6.49. The molecule has 0 saturated heterocycles. The lowest BCUT2D eigenvalue weighted by Crippen LogP contribution is -2.47. The molecular weight excluding hydrogens is 252 g/mol. The highest BCUT2D eigenvalue weighted by molar-refractivity contribution is 4.87. The van der Waals surface area contributed by atoms with Crippen molar-refractivity contribution in [2.45, 2.75) is 46.1 Å². The molecule has 1 rings (SSSR count). The van der Waals surface area contributed by atoms with Gasteiger partial charge in [0, 0.05) is 25.7 Å². The average Bonchev–Trinajstić information content (AvgIpc) is 2.41. The van der Waals surface area contributed by atoms with E-state index in [2.05, 4.69) is 31.0 Å². The third-order valence-corrected chi connectivity index (χ3v) is 4.76. The Balaban J connectivity index is 2.61. The van der Waals surface area contributed by atoms with E-state index in [1.165, 1.54) is 19.3 Å². The van der Waals surface area contributed by atoms with Crippen molar-refractivity contribution in [2.24, 2.45) is 17.8 Å². The zero-order chi connectivity index (χ0) is 15.0. The van der Waals surface area contributed by atoms with Crippen molar-refractivity contribution in [1.82, 2.24) is 10.2 Å². The van der Waals surface area contributed by atoms with Crippen molar-refractivity contribution in [3.05, 3.63) is 0 Å². The Morgan fingerprint density at radius 1 is 1.15 bits per heavy atom. The van der Waals surface area contributed by atoms with Crippen LogP contribution in [-0.4, -0.2) is 60.5 Å². The summed E-state index contributed by atoms with van der Waals surface area (Å²) in [5, 5.41) is 22.0. The molecule has 1 fully saturated rings. The van der Waals surface area contributed by atoms with E-state index in [0.29, 0.717) is 25.0 Å². The van der Waals surface area contributed by atoms with Crippen LogP contribution in [0.15, 0.2) is 0 Å². The zero-order valence-electron chi connectivity index (χ0n) is 13.5. The molecule has 1 saturated carbocycles. The number of hydrogen-bond donors (Lipinski definition) is 3. The molecule has 20 heavy (non-hydrogen) atoms. The molecular formula is C16H34N2O2. The van der Waals surface area contributed by atoms with Gasteiger partial charge in [-0.3, -0.25) is 4.90 Å². The number of nitrogens with zero attached hydrogens (tertiary/aromatic N) is 1. The number of nitrogens with one attached hydrogen (secondary N) is 1. The summed E-state index contributed by atoms with van der Waals surface area (Å²) in [5.41, 5.74) is 0. The van der Waals surface area contributed by atoms with E-state index in [9.17, 15) is 0 Å². The first-order valence-corrected chi connectivity index (χ1v) is 8.29. The van der Waals surface area contributed by atoms with Gasteiger partial charge in [-0.05, 0) is 43.6 Å². The largest absolute Gasteiger partial charge is 0.395 e. The normalized spacial score (nSPS) is 27.4. The third kappa shape index (κ3) is 5.68. The first kappa shape index (κ1) is 17.9. The van der Waals surface area contributed by atoms with Crippen molar-refractivity contribution in [1.29, 1.82) is 0 Å². The molecule has 3 unspecified atom stereocenters. The van der Waals surface area contributed by atoms with Gasteiger partial charge in [0.2, 0.25) is 0 Å². The summed E-state index contributed by atoms with van der Waals surface area (Å²) in [6.07, 6.45) is 3.85. The van der Waals surface area contributed by atoms with Crippen LogP contribution in [0.4, 0.5) is 0 Å². The molecule has 120 valence electrons. The van der Waals surface area contributed by atoms with E-state index >= 15 is 0 Å². The van der Waals surface area contributed by atoms with Crippen LogP contribution in [0, 0.1) is 17.8 Å². The lowest BCUT2D eigenvalue weighted by molar-refractivity contribution is 0.0969. The Kier molecular flexibility index (Phi) is 8.69. The molecule has 0 aromatic rings. The molecule has 1 aliphatic carbocycles. The van der Waals surface area contributed by atoms with Gasteiger partial charge in [-0.1, -0.05) is 20.8 Å². The molecule has 0 aromatic carbocycles. The minimum absolute atomic E-state index is 0.173. The van der Waals surface area contributed by atoms with Crippen molar-refractivity contribution in [2.75, 3.05) is 39.4 Å². The second-order valence-electron chi connectivity index (χ2n) is 6.49. The van der Waals surface area contributed by atoms with Gasteiger partial charge in [0.25, 0.3) is 0 Å². The van der Waals surface area contributed by atoms with Gasteiger partial charge in [0.1, 0.15) is 0 Å². The van der Waals surface area contributed by atoms with E-state index in [4.69, 9.17) is 10.2 Å². The van der Waals surface area contributed by atoms with Crippen LogP contribution in [0.25, 0.3) is 0 Å². The molecule has 0 aliphatic heterocycles. The predicted molar refractivity (Wildman–Crippen MR) is 83.7 cm³/mol. The van der Waals surface area contributed by atoms with E-state index < -0.39 is 0 Å². The Labute approximate surface area is 124 Å². The highest BCUT2D eigenvalue weighted by Gasteiger charge is 2.32. The second kappa shape index (κ2) is 9.72. The Morgan fingerprint density at radius 3 is 2.30 bits per heavy atom. The molecule has 0 heterocycles. The number of aliphatic hydroxyl groups is 2. The average molecular weight is 286 g/mol. The van der Waals surface area contributed by atoms with Crippen LogP contribution in [0.3, 0.4) is 0 Å².